The lowest BCUT2D eigenvalue weighted by molar-refractivity contribution is -0.0109. The maximum Gasteiger partial charge on any atom is 0.319 e. The zero-order valence-electron chi connectivity index (χ0n) is 14.5. The van der Waals surface area contributed by atoms with E-state index in [0.29, 0.717) is 29.6 Å². The minimum absolute atomic E-state index is 0.121. The average Bonchev–Trinajstić information content (AvgIpc) is 2.68. The Morgan fingerprint density at radius 3 is 2.73 bits per heavy atom. The Morgan fingerprint density at radius 1 is 1.15 bits per heavy atom. The van der Waals surface area contributed by atoms with Crippen LogP contribution in [0.2, 0.25) is 5.02 Å². The molecule has 0 aromatic heterocycles. The number of amides is 2. The lowest BCUT2D eigenvalue weighted by Crippen LogP contribution is -2.29. The van der Waals surface area contributed by atoms with Gasteiger partial charge < -0.3 is 20.1 Å². The van der Waals surface area contributed by atoms with E-state index in [1.54, 1.807) is 12.1 Å². The second kappa shape index (κ2) is 9.46. The highest BCUT2D eigenvalue weighted by Crippen LogP contribution is 2.25. The van der Waals surface area contributed by atoms with E-state index >= 15 is 0 Å². The number of benzene rings is 2. The van der Waals surface area contributed by atoms with Crippen molar-refractivity contribution in [3.05, 3.63) is 59.1 Å². The van der Waals surface area contributed by atoms with Gasteiger partial charge >= 0.3 is 6.03 Å². The third kappa shape index (κ3) is 5.64. The fourth-order valence-electron chi connectivity index (χ4n) is 2.77. The van der Waals surface area contributed by atoms with Crippen molar-refractivity contribution in [1.29, 1.82) is 0 Å². The van der Waals surface area contributed by atoms with Crippen LogP contribution in [0, 0.1) is 0 Å². The summed E-state index contributed by atoms with van der Waals surface area (Å²) in [6.07, 6.45) is 3.41. The molecule has 2 aromatic carbocycles. The molecule has 0 aliphatic carbocycles. The lowest BCUT2D eigenvalue weighted by atomic mass is 10.1. The number of para-hydroxylation sites is 2. The maximum absolute atomic E-state index is 12.2. The van der Waals surface area contributed by atoms with Crippen molar-refractivity contribution in [3.63, 3.8) is 0 Å². The summed E-state index contributed by atoms with van der Waals surface area (Å²) in [6.45, 7) is 1.70. The van der Waals surface area contributed by atoms with E-state index in [-0.39, 0.29) is 12.1 Å². The number of nitrogens with one attached hydrogen (secondary N) is 2. The zero-order chi connectivity index (χ0) is 18.2. The Morgan fingerprint density at radius 2 is 1.96 bits per heavy atom. The zero-order valence-corrected chi connectivity index (χ0v) is 15.3. The van der Waals surface area contributed by atoms with Gasteiger partial charge in [-0.25, -0.2) is 4.79 Å². The molecule has 0 saturated carbocycles. The van der Waals surface area contributed by atoms with Crippen LogP contribution in [0.25, 0.3) is 0 Å². The fraction of sp³-hybridized carbons (Fsp3) is 0.350. The first kappa shape index (κ1) is 18.5. The molecule has 2 aromatic rings. The molecule has 26 heavy (non-hydrogen) atoms. The second-order valence-corrected chi connectivity index (χ2v) is 6.67. The van der Waals surface area contributed by atoms with Crippen molar-refractivity contribution in [2.24, 2.45) is 0 Å². The molecule has 0 radical (unpaired) electrons. The Balaban J connectivity index is 1.51. The number of halogens is 1. The number of rotatable bonds is 6. The highest BCUT2D eigenvalue weighted by Gasteiger charge is 2.15. The SMILES string of the molecule is O=C(NCc1ccc(Cl)cc1)Nc1ccccc1OCC1CCCCO1. The number of carbonyl (C=O) groups excluding carboxylic acids is 1. The fourth-order valence-corrected chi connectivity index (χ4v) is 2.89. The van der Waals surface area contributed by atoms with Gasteiger partial charge in [0, 0.05) is 18.2 Å². The first-order valence-corrected chi connectivity index (χ1v) is 9.21. The van der Waals surface area contributed by atoms with Gasteiger partial charge in [-0.2, -0.15) is 0 Å². The van der Waals surface area contributed by atoms with E-state index in [4.69, 9.17) is 21.1 Å². The Labute approximate surface area is 158 Å². The third-order valence-corrected chi connectivity index (χ3v) is 4.45. The van der Waals surface area contributed by atoms with Crippen LogP contribution in [-0.2, 0) is 11.3 Å². The predicted molar refractivity (Wildman–Crippen MR) is 103 cm³/mol. The average molecular weight is 375 g/mol. The molecule has 1 heterocycles. The first-order chi connectivity index (χ1) is 12.7. The Kier molecular flexibility index (Phi) is 6.75. The van der Waals surface area contributed by atoms with Crippen molar-refractivity contribution in [1.82, 2.24) is 5.32 Å². The predicted octanol–water partition coefficient (Wildman–Crippen LogP) is 4.61. The van der Waals surface area contributed by atoms with Crippen LogP contribution in [0.15, 0.2) is 48.5 Å². The number of hydrogen-bond donors (Lipinski definition) is 2. The summed E-state index contributed by atoms with van der Waals surface area (Å²) in [5.41, 5.74) is 1.61. The molecule has 138 valence electrons. The second-order valence-electron chi connectivity index (χ2n) is 6.23. The minimum atomic E-state index is -0.287. The van der Waals surface area contributed by atoms with E-state index in [0.717, 1.165) is 25.0 Å². The Hall–Kier alpha value is -2.24. The molecule has 5 nitrogen and oxygen atoms in total. The summed E-state index contributed by atoms with van der Waals surface area (Å²) in [5, 5.41) is 6.34. The molecule has 2 amide bonds. The van der Waals surface area contributed by atoms with Crippen molar-refractivity contribution in [2.75, 3.05) is 18.5 Å². The van der Waals surface area contributed by atoms with Crippen molar-refractivity contribution in [3.8, 4) is 5.75 Å². The van der Waals surface area contributed by atoms with Gasteiger partial charge in [0.1, 0.15) is 12.4 Å². The molecule has 1 aliphatic rings. The van der Waals surface area contributed by atoms with E-state index in [1.807, 2.05) is 36.4 Å². The van der Waals surface area contributed by atoms with Gasteiger partial charge in [0.05, 0.1) is 11.8 Å². The highest BCUT2D eigenvalue weighted by molar-refractivity contribution is 6.30. The quantitative estimate of drug-likeness (QED) is 0.776. The van der Waals surface area contributed by atoms with Gasteiger partial charge in [-0.05, 0) is 49.1 Å². The molecular weight excluding hydrogens is 352 g/mol. The molecule has 0 bridgehead atoms. The first-order valence-electron chi connectivity index (χ1n) is 8.83. The smallest absolute Gasteiger partial charge is 0.319 e. The Bertz CT molecular complexity index is 715. The third-order valence-electron chi connectivity index (χ3n) is 4.20. The van der Waals surface area contributed by atoms with Crippen LogP contribution in [-0.4, -0.2) is 25.3 Å². The summed E-state index contributed by atoms with van der Waals surface area (Å²) in [4.78, 5) is 12.2. The van der Waals surface area contributed by atoms with Crippen molar-refractivity contribution >= 4 is 23.3 Å². The number of carbonyl (C=O) groups is 1. The number of hydrogen-bond acceptors (Lipinski definition) is 3. The molecule has 2 N–H and O–H groups in total. The number of anilines is 1. The van der Waals surface area contributed by atoms with Crippen LogP contribution < -0.4 is 15.4 Å². The largest absolute Gasteiger partial charge is 0.489 e. The van der Waals surface area contributed by atoms with Crippen LogP contribution in [0.3, 0.4) is 0 Å². The lowest BCUT2D eigenvalue weighted by Gasteiger charge is -2.23. The van der Waals surface area contributed by atoms with Crippen LogP contribution in [0.1, 0.15) is 24.8 Å². The van der Waals surface area contributed by atoms with Gasteiger partial charge in [-0.15, -0.1) is 0 Å². The van der Waals surface area contributed by atoms with Gasteiger partial charge in [0.15, 0.2) is 0 Å². The van der Waals surface area contributed by atoms with Gasteiger partial charge in [0.2, 0.25) is 0 Å². The van der Waals surface area contributed by atoms with Gasteiger partial charge in [-0.1, -0.05) is 35.9 Å². The summed E-state index contributed by atoms with van der Waals surface area (Å²) in [7, 11) is 0. The van der Waals surface area contributed by atoms with Crippen molar-refractivity contribution in [2.45, 2.75) is 31.9 Å². The maximum atomic E-state index is 12.2. The van der Waals surface area contributed by atoms with Gasteiger partial charge in [0.25, 0.3) is 0 Å². The van der Waals surface area contributed by atoms with Crippen LogP contribution in [0.4, 0.5) is 10.5 Å². The summed E-state index contributed by atoms with van der Waals surface area (Å²) >= 11 is 5.86. The van der Waals surface area contributed by atoms with E-state index < -0.39 is 0 Å². The minimum Gasteiger partial charge on any atom is -0.489 e. The molecule has 0 spiro atoms. The topological polar surface area (TPSA) is 59.6 Å². The molecule has 1 aliphatic heterocycles. The summed E-state index contributed by atoms with van der Waals surface area (Å²) < 4.78 is 11.6. The van der Waals surface area contributed by atoms with E-state index in [1.165, 1.54) is 6.42 Å². The molecular formula is C20H23ClN2O3. The van der Waals surface area contributed by atoms with E-state index in [2.05, 4.69) is 10.6 Å². The molecule has 1 unspecified atom stereocenters. The molecule has 1 saturated heterocycles. The normalized spacial score (nSPS) is 16.7. The number of ether oxygens (including phenoxy) is 2. The monoisotopic (exact) mass is 374 g/mol. The molecule has 1 atom stereocenters. The molecule has 1 fully saturated rings. The van der Waals surface area contributed by atoms with Crippen LogP contribution in [0.5, 0.6) is 5.75 Å². The summed E-state index contributed by atoms with van der Waals surface area (Å²) in [6, 6.07) is 14.5. The van der Waals surface area contributed by atoms with Crippen molar-refractivity contribution < 1.29 is 14.3 Å². The molecule has 6 heteroatoms. The highest BCUT2D eigenvalue weighted by atomic mass is 35.5. The summed E-state index contributed by atoms with van der Waals surface area (Å²) in [5.74, 6) is 0.642. The standard InChI is InChI=1S/C20H23ClN2O3/c21-16-10-8-15(9-11-16)13-22-20(24)23-18-6-1-2-7-19(18)26-14-17-5-3-4-12-25-17/h1-2,6-11,17H,3-5,12-14H2,(H2,22,23,24). The molecule has 3 rings (SSSR count). The van der Waals surface area contributed by atoms with Gasteiger partial charge in [-0.3, -0.25) is 0 Å². The van der Waals surface area contributed by atoms with Crippen LogP contribution >= 0.6 is 11.6 Å². The van der Waals surface area contributed by atoms with E-state index in [9.17, 15) is 4.79 Å². The number of urea groups is 1.